The van der Waals surface area contributed by atoms with E-state index >= 15 is 0 Å². The number of amides is 2. The van der Waals surface area contributed by atoms with Gasteiger partial charge in [0.25, 0.3) is 5.91 Å². The van der Waals surface area contributed by atoms with E-state index in [2.05, 4.69) is 30.9 Å². The number of anilines is 1. The normalized spacial score (nSPS) is 16.0. The van der Waals surface area contributed by atoms with Gasteiger partial charge in [0.1, 0.15) is 17.5 Å². The number of nitrogens with zero attached hydrogens (tertiary/aromatic N) is 2. The molecular formula is C19H16F3N5O4. The van der Waals surface area contributed by atoms with Crippen LogP contribution in [0.3, 0.4) is 0 Å². The van der Waals surface area contributed by atoms with Crippen molar-refractivity contribution in [2.75, 3.05) is 5.32 Å². The van der Waals surface area contributed by atoms with Crippen LogP contribution in [-0.2, 0) is 9.59 Å². The van der Waals surface area contributed by atoms with Crippen LogP contribution in [0.4, 0.5) is 18.9 Å². The number of phenols is 1. The summed E-state index contributed by atoms with van der Waals surface area (Å²) in [6, 6.07) is 10.0. The predicted molar refractivity (Wildman–Crippen MR) is 105 cm³/mol. The van der Waals surface area contributed by atoms with Crippen LogP contribution in [0.25, 0.3) is 0 Å². The standard InChI is InChI=1S/C19H16F3N5O4/c20-19(21,22)31-13-7-5-12(6-8-13)24-16(29)9-14-17(30)26-18(25-14)27-23-10-11-3-1-2-4-15(11)28/h1-8,10,14,28H,9H2,(H,24,29)(H2,25,26,27,30)/b23-10-/t14-/m0/s1. The van der Waals surface area contributed by atoms with Crippen molar-refractivity contribution in [3.05, 3.63) is 54.1 Å². The molecule has 1 aliphatic heterocycles. The topological polar surface area (TPSA) is 124 Å². The molecule has 0 unspecified atom stereocenters. The van der Waals surface area contributed by atoms with E-state index < -0.39 is 30.0 Å². The average molecular weight is 435 g/mol. The van der Waals surface area contributed by atoms with Crippen molar-refractivity contribution in [3.8, 4) is 11.5 Å². The fourth-order valence-corrected chi connectivity index (χ4v) is 2.53. The smallest absolute Gasteiger partial charge is 0.507 e. The molecule has 0 spiro atoms. The number of aromatic hydroxyl groups is 1. The first-order valence-corrected chi connectivity index (χ1v) is 8.81. The molecule has 9 nitrogen and oxygen atoms in total. The molecule has 162 valence electrons. The minimum absolute atomic E-state index is 0.0259. The molecule has 31 heavy (non-hydrogen) atoms. The number of hydrazone groups is 1. The summed E-state index contributed by atoms with van der Waals surface area (Å²) in [6.07, 6.45) is -3.77. The zero-order valence-corrected chi connectivity index (χ0v) is 15.7. The van der Waals surface area contributed by atoms with Gasteiger partial charge in [0.15, 0.2) is 0 Å². The monoisotopic (exact) mass is 435 g/mol. The highest BCUT2D eigenvalue weighted by Gasteiger charge is 2.31. The van der Waals surface area contributed by atoms with Gasteiger partial charge in [-0.15, -0.1) is 13.2 Å². The van der Waals surface area contributed by atoms with Crippen molar-refractivity contribution in [2.45, 2.75) is 18.8 Å². The summed E-state index contributed by atoms with van der Waals surface area (Å²) in [7, 11) is 0. The Morgan fingerprint density at radius 1 is 1.23 bits per heavy atom. The Hall–Kier alpha value is -4.09. The van der Waals surface area contributed by atoms with Crippen molar-refractivity contribution in [3.63, 3.8) is 0 Å². The van der Waals surface area contributed by atoms with Crippen molar-refractivity contribution < 1.29 is 32.6 Å². The molecule has 0 bridgehead atoms. The Morgan fingerprint density at radius 2 is 1.94 bits per heavy atom. The molecule has 1 heterocycles. The maximum atomic E-state index is 12.2. The lowest BCUT2D eigenvalue weighted by Gasteiger charge is -2.10. The van der Waals surface area contributed by atoms with E-state index in [1.165, 1.54) is 24.4 Å². The quantitative estimate of drug-likeness (QED) is 0.409. The largest absolute Gasteiger partial charge is 0.573 e. The van der Waals surface area contributed by atoms with Gasteiger partial charge in [-0.25, -0.2) is 10.4 Å². The second-order valence-corrected chi connectivity index (χ2v) is 6.24. The number of aliphatic imine (C=N–C) groups is 1. The van der Waals surface area contributed by atoms with E-state index in [9.17, 15) is 27.9 Å². The van der Waals surface area contributed by atoms with Gasteiger partial charge in [-0.1, -0.05) is 12.1 Å². The van der Waals surface area contributed by atoms with Crippen molar-refractivity contribution in [1.82, 2.24) is 10.7 Å². The highest BCUT2D eigenvalue weighted by atomic mass is 19.4. The number of hydrogen-bond acceptors (Lipinski definition) is 7. The van der Waals surface area contributed by atoms with E-state index in [1.54, 1.807) is 18.2 Å². The number of phenolic OH excluding ortho intramolecular Hbond substituents is 1. The third-order valence-electron chi connectivity index (χ3n) is 3.89. The number of ether oxygens (including phenoxy) is 1. The van der Waals surface area contributed by atoms with Crippen LogP contribution in [-0.4, -0.2) is 41.5 Å². The Balaban J connectivity index is 1.52. The van der Waals surface area contributed by atoms with Crippen molar-refractivity contribution in [2.24, 2.45) is 10.1 Å². The number of benzene rings is 2. The zero-order valence-electron chi connectivity index (χ0n) is 15.7. The Kier molecular flexibility index (Phi) is 6.38. The van der Waals surface area contributed by atoms with Crippen LogP contribution < -0.4 is 20.8 Å². The van der Waals surface area contributed by atoms with E-state index in [4.69, 9.17) is 0 Å². The molecule has 12 heteroatoms. The molecule has 0 saturated carbocycles. The second kappa shape index (κ2) is 9.15. The molecule has 4 N–H and O–H groups in total. The van der Waals surface area contributed by atoms with E-state index in [0.717, 1.165) is 12.1 Å². The third kappa shape index (κ3) is 6.45. The van der Waals surface area contributed by atoms with Crippen molar-refractivity contribution >= 4 is 29.7 Å². The summed E-state index contributed by atoms with van der Waals surface area (Å²) in [6.45, 7) is 0. The van der Waals surface area contributed by atoms with Crippen LogP contribution in [0.15, 0.2) is 58.6 Å². The molecular weight excluding hydrogens is 419 g/mol. The number of alkyl halides is 3. The molecule has 2 aromatic carbocycles. The van der Waals surface area contributed by atoms with Gasteiger partial charge in [0.05, 0.1) is 12.6 Å². The fourth-order valence-electron chi connectivity index (χ4n) is 2.53. The summed E-state index contributed by atoms with van der Waals surface area (Å²) >= 11 is 0. The highest BCUT2D eigenvalue weighted by Crippen LogP contribution is 2.24. The van der Waals surface area contributed by atoms with Gasteiger partial charge in [-0.2, -0.15) is 5.10 Å². The van der Waals surface area contributed by atoms with Gasteiger partial charge in [0.2, 0.25) is 11.9 Å². The van der Waals surface area contributed by atoms with Crippen LogP contribution in [0.2, 0.25) is 0 Å². The minimum Gasteiger partial charge on any atom is -0.507 e. The summed E-state index contributed by atoms with van der Waals surface area (Å²) in [5.74, 6) is -1.46. The maximum absolute atomic E-state index is 12.2. The lowest BCUT2D eigenvalue weighted by Crippen LogP contribution is -2.35. The molecule has 0 radical (unpaired) electrons. The molecule has 1 aliphatic rings. The number of hydrogen-bond donors (Lipinski definition) is 4. The first-order valence-electron chi connectivity index (χ1n) is 8.81. The summed E-state index contributed by atoms with van der Waals surface area (Å²) in [4.78, 5) is 28.1. The second-order valence-electron chi connectivity index (χ2n) is 6.24. The number of nitrogens with one attached hydrogen (secondary N) is 3. The lowest BCUT2D eigenvalue weighted by atomic mass is 10.2. The average Bonchev–Trinajstić information content (AvgIpc) is 3.03. The Morgan fingerprint density at radius 3 is 2.61 bits per heavy atom. The lowest BCUT2D eigenvalue weighted by molar-refractivity contribution is -0.274. The van der Waals surface area contributed by atoms with Gasteiger partial charge >= 0.3 is 6.36 Å². The third-order valence-corrected chi connectivity index (χ3v) is 3.89. The molecule has 1 atom stereocenters. The highest BCUT2D eigenvalue weighted by molar-refractivity contribution is 6.07. The van der Waals surface area contributed by atoms with Crippen LogP contribution in [0, 0.1) is 0 Å². The van der Waals surface area contributed by atoms with Crippen LogP contribution in [0.5, 0.6) is 11.5 Å². The van der Waals surface area contributed by atoms with E-state index in [0.29, 0.717) is 5.56 Å². The first kappa shape index (κ1) is 21.6. The molecule has 0 aliphatic carbocycles. The van der Waals surface area contributed by atoms with Crippen LogP contribution in [0.1, 0.15) is 12.0 Å². The number of rotatable bonds is 6. The summed E-state index contributed by atoms with van der Waals surface area (Å²) in [5.41, 5.74) is 3.18. The molecule has 0 fully saturated rings. The molecule has 0 saturated heterocycles. The summed E-state index contributed by atoms with van der Waals surface area (Å²) < 4.78 is 40.2. The number of carbonyl (C=O) groups is 2. The molecule has 0 aromatic heterocycles. The van der Waals surface area contributed by atoms with Crippen LogP contribution >= 0.6 is 0 Å². The SMILES string of the molecule is O=C(C[C@@H]1N=C(N/N=C\c2ccccc2O)NC1=O)Nc1ccc(OC(F)(F)F)cc1. The molecule has 2 amide bonds. The number of guanidine groups is 1. The molecule has 3 rings (SSSR count). The number of carbonyl (C=O) groups excluding carboxylic acids is 2. The summed E-state index contributed by atoms with van der Waals surface area (Å²) in [5, 5.41) is 18.4. The maximum Gasteiger partial charge on any atom is 0.573 e. The van der Waals surface area contributed by atoms with Gasteiger partial charge in [-0.05, 0) is 36.4 Å². The number of para-hydroxylation sites is 1. The fraction of sp³-hybridized carbons (Fsp3) is 0.158. The Labute approximate surface area is 173 Å². The predicted octanol–water partition coefficient (Wildman–Crippen LogP) is 2.10. The van der Waals surface area contributed by atoms with Gasteiger partial charge in [0, 0.05) is 11.3 Å². The molecule has 2 aromatic rings. The van der Waals surface area contributed by atoms with Crippen molar-refractivity contribution in [1.29, 1.82) is 0 Å². The Bertz CT molecular complexity index is 1020. The first-order chi connectivity index (χ1) is 14.7. The zero-order chi connectivity index (χ0) is 22.4. The van der Waals surface area contributed by atoms with Gasteiger partial charge < -0.3 is 15.2 Å². The minimum atomic E-state index is -4.81. The van der Waals surface area contributed by atoms with Gasteiger partial charge in [-0.3, -0.25) is 14.9 Å². The van der Waals surface area contributed by atoms with E-state index in [-0.39, 0.29) is 23.8 Å². The van der Waals surface area contributed by atoms with E-state index in [1.807, 2.05) is 0 Å². The number of halogens is 3.